The van der Waals surface area contributed by atoms with Crippen LogP contribution in [0.5, 0.6) is 0 Å². The SMILES string of the molecule is CC(=O)[C@H]1CC[C@H]2[C@@H]3C[C@@H](F)[C@H]4C[C@](C)(O)CC[C@@H]4[C@H]3CC[C@]12C. The molecule has 0 radical (unpaired) electrons. The van der Waals surface area contributed by atoms with E-state index in [0.717, 1.165) is 38.5 Å². The van der Waals surface area contributed by atoms with E-state index < -0.39 is 11.8 Å². The molecule has 0 saturated heterocycles. The van der Waals surface area contributed by atoms with Crippen LogP contribution in [0, 0.1) is 40.9 Å². The average molecular weight is 336 g/mol. The molecule has 0 aromatic rings. The van der Waals surface area contributed by atoms with Crippen LogP contribution in [0.15, 0.2) is 0 Å². The molecule has 2 nitrogen and oxygen atoms in total. The summed E-state index contributed by atoms with van der Waals surface area (Å²) < 4.78 is 15.1. The van der Waals surface area contributed by atoms with E-state index in [1.807, 2.05) is 6.92 Å². The van der Waals surface area contributed by atoms with Crippen molar-refractivity contribution in [3.8, 4) is 0 Å². The van der Waals surface area contributed by atoms with Gasteiger partial charge in [-0.1, -0.05) is 6.92 Å². The minimum atomic E-state index is -0.762. The second-order valence-corrected chi connectivity index (χ2v) is 10.0. The molecule has 0 aliphatic heterocycles. The third-order valence-electron chi connectivity index (χ3n) is 8.74. The minimum Gasteiger partial charge on any atom is -0.390 e. The molecule has 0 aromatic heterocycles. The highest BCUT2D eigenvalue weighted by atomic mass is 19.1. The predicted molar refractivity (Wildman–Crippen MR) is 92.2 cm³/mol. The van der Waals surface area contributed by atoms with Gasteiger partial charge in [0.1, 0.15) is 12.0 Å². The van der Waals surface area contributed by atoms with Crippen LogP contribution in [0.4, 0.5) is 4.39 Å². The number of carbonyl (C=O) groups is 1. The van der Waals surface area contributed by atoms with E-state index >= 15 is 4.39 Å². The first-order valence-corrected chi connectivity index (χ1v) is 10.1. The highest BCUT2D eigenvalue weighted by Gasteiger charge is 2.60. The van der Waals surface area contributed by atoms with E-state index in [2.05, 4.69) is 6.92 Å². The van der Waals surface area contributed by atoms with Crippen molar-refractivity contribution in [2.75, 3.05) is 0 Å². The molecule has 136 valence electrons. The molecule has 4 aliphatic rings. The first kappa shape index (κ1) is 17.0. The van der Waals surface area contributed by atoms with Crippen molar-refractivity contribution in [1.82, 2.24) is 0 Å². The number of ketones is 1. The van der Waals surface area contributed by atoms with E-state index in [0.29, 0.717) is 42.3 Å². The summed E-state index contributed by atoms with van der Waals surface area (Å²) in [5.41, 5.74) is -0.561. The second-order valence-electron chi connectivity index (χ2n) is 10.0. The molecule has 0 spiro atoms. The summed E-state index contributed by atoms with van der Waals surface area (Å²) >= 11 is 0. The zero-order valence-corrected chi connectivity index (χ0v) is 15.4. The van der Waals surface area contributed by atoms with Gasteiger partial charge in [-0.25, -0.2) is 4.39 Å². The smallest absolute Gasteiger partial charge is 0.133 e. The summed E-state index contributed by atoms with van der Waals surface area (Å²) in [7, 11) is 0. The van der Waals surface area contributed by atoms with Crippen molar-refractivity contribution >= 4 is 5.78 Å². The first-order chi connectivity index (χ1) is 11.2. The zero-order chi connectivity index (χ0) is 17.3. The van der Waals surface area contributed by atoms with Crippen molar-refractivity contribution in [1.29, 1.82) is 0 Å². The number of fused-ring (bicyclic) bond motifs is 5. The van der Waals surface area contributed by atoms with Gasteiger partial charge < -0.3 is 5.11 Å². The fourth-order valence-corrected chi connectivity index (χ4v) is 7.67. The Bertz CT molecular complexity index is 530. The summed E-state index contributed by atoms with van der Waals surface area (Å²) in [4.78, 5) is 12.1. The summed E-state index contributed by atoms with van der Waals surface area (Å²) in [5.74, 6) is 2.69. The highest BCUT2D eigenvalue weighted by molar-refractivity contribution is 5.79. The van der Waals surface area contributed by atoms with E-state index in [-0.39, 0.29) is 17.3 Å². The van der Waals surface area contributed by atoms with Gasteiger partial charge in [-0.05, 0) is 100 Å². The number of halogens is 1. The van der Waals surface area contributed by atoms with Crippen LogP contribution in [-0.2, 0) is 4.79 Å². The van der Waals surface area contributed by atoms with Gasteiger partial charge in [0.05, 0.1) is 5.60 Å². The zero-order valence-electron chi connectivity index (χ0n) is 15.4. The maximum absolute atomic E-state index is 15.1. The monoisotopic (exact) mass is 336 g/mol. The number of hydrogen-bond donors (Lipinski definition) is 1. The Hall–Kier alpha value is -0.440. The Morgan fingerprint density at radius 2 is 1.67 bits per heavy atom. The molecule has 4 saturated carbocycles. The van der Waals surface area contributed by atoms with Crippen LogP contribution in [-0.4, -0.2) is 22.7 Å². The molecule has 0 amide bonds. The van der Waals surface area contributed by atoms with Crippen molar-refractivity contribution in [2.24, 2.45) is 40.9 Å². The lowest BCUT2D eigenvalue weighted by molar-refractivity contribution is -0.137. The predicted octanol–water partition coefficient (Wildman–Crippen LogP) is 4.54. The fourth-order valence-electron chi connectivity index (χ4n) is 7.67. The Morgan fingerprint density at radius 3 is 2.38 bits per heavy atom. The van der Waals surface area contributed by atoms with Crippen LogP contribution in [0.25, 0.3) is 0 Å². The molecule has 0 bridgehead atoms. The molecule has 0 unspecified atom stereocenters. The minimum absolute atomic E-state index is 0.0596. The van der Waals surface area contributed by atoms with Crippen LogP contribution >= 0.6 is 0 Å². The summed E-state index contributed by atoms with van der Waals surface area (Å²) in [5, 5.41) is 10.4. The fraction of sp³-hybridized carbons (Fsp3) is 0.952. The normalized spacial score (nSPS) is 57.0. The molecule has 4 rings (SSSR count). The molecule has 1 N–H and O–H groups in total. The topological polar surface area (TPSA) is 37.3 Å². The maximum Gasteiger partial charge on any atom is 0.133 e. The Morgan fingerprint density at radius 1 is 1.00 bits per heavy atom. The van der Waals surface area contributed by atoms with Gasteiger partial charge in [-0.15, -0.1) is 0 Å². The van der Waals surface area contributed by atoms with Gasteiger partial charge in [-0.3, -0.25) is 4.79 Å². The van der Waals surface area contributed by atoms with Gasteiger partial charge in [0, 0.05) is 5.92 Å². The quantitative estimate of drug-likeness (QED) is 0.763. The number of aliphatic hydroxyl groups is 1. The summed E-state index contributed by atoms with van der Waals surface area (Å²) in [6, 6.07) is 0. The lowest BCUT2D eigenvalue weighted by atomic mass is 9.48. The second kappa shape index (κ2) is 5.53. The number of carbonyl (C=O) groups excluding carboxylic acids is 1. The maximum atomic E-state index is 15.1. The molecule has 24 heavy (non-hydrogen) atoms. The van der Waals surface area contributed by atoms with E-state index in [9.17, 15) is 9.90 Å². The van der Waals surface area contributed by atoms with Crippen molar-refractivity contribution in [3.63, 3.8) is 0 Å². The molecule has 4 fully saturated rings. The van der Waals surface area contributed by atoms with Gasteiger partial charge in [-0.2, -0.15) is 0 Å². The Labute approximate surface area is 145 Å². The molecular formula is C21H33FO2. The Kier molecular flexibility index (Phi) is 3.91. The van der Waals surface area contributed by atoms with E-state index in [4.69, 9.17) is 0 Å². The number of rotatable bonds is 1. The largest absolute Gasteiger partial charge is 0.390 e. The first-order valence-electron chi connectivity index (χ1n) is 10.1. The van der Waals surface area contributed by atoms with Crippen LogP contribution < -0.4 is 0 Å². The van der Waals surface area contributed by atoms with Crippen molar-refractivity contribution in [2.45, 2.75) is 83.9 Å². The van der Waals surface area contributed by atoms with Gasteiger partial charge in [0.2, 0.25) is 0 Å². The molecule has 0 aromatic carbocycles. The lowest BCUT2D eigenvalue weighted by Crippen LogP contribution is -2.54. The van der Waals surface area contributed by atoms with Crippen LogP contribution in [0.2, 0.25) is 0 Å². The molecule has 4 aliphatic carbocycles. The van der Waals surface area contributed by atoms with Gasteiger partial charge in [0.25, 0.3) is 0 Å². The molecule has 3 heteroatoms. The third-order valence-corrected chi connectivity index (χ3v) is 8.74. The highest BCUT2D eigenvalue weighted by Crippen LogP contribution is 2.64. The summed E-state index contributed by atoms with van der Waals surface area (Å²) in [6.45, 7) is 5.95. The van der Waals surface area contributed by atoms with E-state index in [1.54, 1.807) is 6.92 Å². The molecular weight excluding hydrogens is 303 g/mol. The molecule has 9 atom stereocenters. The van der Waals surface area contributed by atoms with Crippen molar-refractivity contribution < 1.29 is 14.3 Å². The van der Waals surface area contributed by atoms with Crippen LogP contribution in [0.1, 0.15) is 72.1 Å². The van der Waals surface area contributed by atoms with Gasteiger partial charge in [0.15, 0.2) is 0 Å². The number of alkyl halides is 1. The lowest BCUT2D eigenvalue weighted by Gasteiger charge is -2.57. The number of Topliss-reactive ketones (excluding diaryl/α,β-unsaturated/α-hetero) is 1. The van der Waals surface area contributed by atoms with Crippen molar-refractivity contribution in [3.05, 3.63) is 0 Å². The third kappa shape index (κ3) is 2.40. The van der Waals surface area contributed by atoms with E-state index in [1.165, 1.54) is 0 Å². The van der Waals surface area contributed by atoms with Gasteiger partial charge >= 0.3 is 0 Å². The number of hydrogen-bond acceptors (Lipinski definition) is 2. The summed E-state index contributed by atoms with van der Waals surface area (Å²) in [6.07, 6.45) is 6.79. The standard InChI is InChI=1S/C21H33FO2/c1-12(23)17-4-5-18-15-10-19(22)16-11-20(2,24)8-6-14(16)13(15)7-9-21(17,18)3/h13-19,24H,4-11H2,1-3H3/t13-,14-,15-,16+,17-,18+,19-,20-,21-/m1/s1. The molecule has 0 heterocycles. The van der Waals surface area contributed by atoms with Crippen LogP contribution in [0.3, 0.4) is 0 Å². The Balaban J connectivity index is 1.60. The average Bonchev–Trinajstić information content (AvgIpc) is 2.85.